The van der Waals surface area contributed by atoms with E-state index in [4.69, 9.17) is 14.7 Å². The lowest BCUT2D eigenvalue weighted by molar-refractivity contribution is -0.154. The van der Waals surface area contributed by atoms with E-state index in [2.05, 4.69) is 0 Å². The van der Waals surface area contributed by atoms with Crippen LogP contribution in [0.1, 0.15) is 44.6 Å². The SMILES string of the molecule is CCN(C(=O)COC(=O)COc1ccc(C#N)cc1)C1CCCCC1. The molecule has 0 spiro atoms. The Labute approximate surface area is 148 Å². The van der Waals surface area contributed by atoms with Gasteiger partial charge in [-0.05, 0) is 44.0 Å². The van der Waals surface area contributed by atoms with Crippen molar-refractivity contribution in [1.29, 1.82) is 5.26 Å². The quantitative estimate of drug-likeness (QED) is 0.711. The molecule has 0 radical (unpaired) electrons. The zero-order valence-electron chi connectivity index (χ0n) is 14.6. The maximum absolute atomic E-state index is 12.3. The van der Waals surface area contributed by atoms with Gasteiger partial charge in [0, 0.05) is 12.6 Å². The van der Waals surface area contributed by atoms with Gasteiger partial charge in [0.25, 0.3) is 5.91 Å². The van der Waals surface area contributed by atoms with Crippen LogP contribution in [0.4, 0.5) is 0 Å². The monoisotopic (exact) mass is 344 g/mol. The Morgan fingerprint density at radius 1 is 1.16 bits per heavy atom. The number of nitrogens with zero attached hydrogens (tertiary/aromatic N) is 2. The van der Waals surface area contributed by atoms with Crippen molar-refractivity contribution < 1.29 is 19.1 Å². The third kappa shape index (κ3) is 5.79. The average Bonchev–Trinajstić information content (AvgIpc) is 2.66. The number of benzene rings is 1. The fourth-order valence-electron chi connectivity index (χ4n) is 3.07. The van der Waals surface area contributed by atoms with Gasteiger partial charge in [0.05, 0.1) is 11.6 Å². The molecular weight excluding hydrogens is 320 g/mol. The number of hydrogen-bond acceptors (Lipinski definition) is 5. The van der Waals surface area contributed by atoms with Crippen molar-refractivity contribution in [3.63, 3.8) is 0 Å². The number of rotatable bonds is 7. The van der Waals surface area contributed by atoms with E-state index in [1.807, 2.05) is 17.9 Å². The summed E-state index contributed by atoms with van der Waals surface area (Å²) in [6.07, 6.45) is 5.56. The third-order valence-electron chi connectivity index (χ3n) is 4.37. The molecular formula is C19H24N2O4. The summed E-state index contributed by atoms with van der Waals surface area (Å²) in [4.78, 5) is 25.9. The number of carbonyl (C=O) groups excluding carboxylic acids is 2. The second-order valence-corrected chi connectivity index (χ2v) is 6.06. The van der Waals surface area contributed by atoms with E-state index in [-0.39, 0.29) is 25.2 Å². The van der Waals surface area contributed by atoms with Crippen molar-refractivity contribution in [1.82, 2.24) is 4.90 Å². The van der Waals surface area contributed by atoms with Gasteiger partial charge in [-0.15, -0.1) is 0 Å². The van der Waals surface area contributed by atoms with Crippen LogP contribution in [0.5, 0.6) is 5.75 Å². The molecule has 0 saturated heterocycles. The maximum Gasteiger partial charge on any atom is 0.344 e. The molecule has 0 heterocycles. The van der Waals surface area contributed by atoms with Crippen LogP contribution in [-0.4, -0.2) is 42.6 Å². The molecule has 0 atom stereocenters. The van der Waals surface area contributed by atoms with Crippen LogP contribution in [0.3, 0.4) is 0 Å². The van der Waals surface area contributed by atoms with Crippen molar-refractivity contribution in [3.8, 4) is 11.8 Å². The fraction of sp³-hybridized carbons (Fsp3) is 0.526. The largest absolute Gasteiger partial charge is 0.482 e. The highest BCUT2D eigenvalue weighted by molar-refractivity contribution is 5.81. The first-order valence-electron chi connectivity index (χ1n) is 8.72. The fourth-order valence-corrected chi connectivity index (χ4v) is 3.07. The minimum Gasteiger partial charge on any atom is -0.482 e. The maximum atomic E-state index is 12.3. The summed E-state index contributed by atoms with van der Waals surface area (Å²) in [5.74, 6) is -0.266. The Balaban J connectivity index is 1.74. The van der Waals surface area contributed by atoms with Gasteiger partial charge in [-0.3, -0.25) is 4.79 Å². The highest BCUT2D eigenvalue weighted by Crippen LogP contribution is 2.22. The Bertz CT molecular complexity index is 615. The number of nitriles is 1. The zero-order valence-corrected chi connectivity index (χ0v) is 14.6. The van der Waals surface area contributed by atoms with Crippen LogP contribution in [-0.2, 0) is 14.3 Å². The molecule has 1 aromatic carbocycles. The first kappa shape index (κ1) is 18.8. The van der Waals surface area contributed by atoms with E-state index in [0.717, 1.165) is 25.7 Å². The Kier molecular flexibility index (Phi) is 7.27. The second kappa shape index (κ2) is 9.67. The van der Waals surface area contributed by atoms with Gasteiger partial charge in [0.1, 0.15) is 5.75 Å². The van der Waals surface area contributed by atoms with Gasteiger partial charge in [0.15, 0.2) is 13.2 Å². The highest BCUT2D eigenvalue weighted by Gasteiger charge is 2.24. The van der Waals surface area contributed by atoms with Crippen LogP contribution >= 0.6 is 0 Å². The molecule has 0 aliphatic heterocycles. The summed E-state index contributed by atoms with van der Waals surface area (Å²) in [5.41, 5.74) is 0.517. The molecule has 6 nitrogen and oxygen atoms in total. The van der Waals surface area contributed by atoms with Gasteiger partial charge < -0.3 is 14.4 Å². The van der Waals surface area contributed by atoms with Crippen molar-refractivity contribution in [2.45, 2.75) is 45.1 Å². The predicted octanol–water partition coefficient (Wildman–Crippen LogP) is 2.66. The summed E-state index contributed by atoms with van der Waals surface area (Å²) in [6.45, 7) is 2.06. The molecule has 2 rings (SSSR count). The van der Waals surface area contributed by atoms with Gasteiger partial charge in [0.2, 0.25) is 0 Å². The topological polar surface area (TPSA) is 79.6 Å². The first-order chi connectivity index (χ1) is 12.1. The number of ether oxygens (including phenoxy) is 2. The molecule has 1 aromatic rings. The highest BCUT2D eigenvalue weighted by atomic mass is 16.6. The average molecular weight is 344 g/mol. The standard InChI is InChI=1S/C19H24N2O4/c1-2-21(16-6-4-3-5-7-16)18(22)13-25-19(23)14-24-17-10-8-15(12-20)9-11-17/h8-11,16H,2-7,13-14H2,1H3. The number of hydrogen-bond donors (Lipinski definition) is 0. The van der Waals surface area contributed by atoms with Crippen molar-refractivity contribution in [2.75, 3.05) is 19.8 Å². The molecule has 0 unspecified atom stereocenters. The molecule has 1 fully saturated rings. The van der Waals surface area contributed by atoms with Crippen molar-refractivity contribution in [2.24, 2.45) is 0 Å². The van der Waals surface area contributed by atoms with Crippen LogP contribution in [0.25, 0.3) is 0 Å². The summed E-state index contributed by atoms with van der Waals surface area (Å²) in [6, 6.07) is 8.70. The Morgan fingerprint density at radius 2 is 1.84 bits per heavy atom. The summed E-state index contributed by atoms with van der Waals surface area (Å²) in [7, 11) is 0. The Morgan fingerprint density at radius 3 is 2.44 bits per heavy atom. The van der Waals surface area contributed by atoms with E-state index in [1.54, 1.807) is 24.3 Å². The van der Waals surface area contributed by atoms with E-state index in [0.29, 0.717) is 17.9 Å². The van der Waals surface area contributed by atoms with Gasteiger partial charge in [-0.25, -0.2) is 4.79 Å². The predicted molar refractivity (Wildman–Crippen MR) is 91.9 cm³/mol. The summed E-state index contributed by atoms with van der Waals surface area (Å²) < 4.78 is 10.3. The van der Waals surface area contributed by atoms with Crippen molar-refractivity contribution >= 4 is 11.9 Å². The summed E-state index contributed by atoms with van der Waals surface area (Å²) >= 11 is 0. The molecule has 1 aliphatic carbocycles. The van der Waals surface area contributed by atoms with Gasteiger partial charge in [-0.1, -0.05) is 19.3 Å². The zero-order chi connectivity index (χ0) is 18.1. The van der Waals surface area contributed by atoms with E-state index >= 15 is 0 Å². The Hall–Kier alpha value is -2.55. The molecule has 1 amide bonds. The van der Waals surface area contributed by atoms with Crippen LogP contribution in [0, 0.1) is 11.3 Å². The lowest BCUT2D eigenvalue weighted by Crippen LogP contribution is -2.43. The molecule has 0 aromatic heterocycles. The normalized spacial score (nSPS) is 14.4. The van der Waals surface area contributed by atoms with Gasteiger partial charge >= 0.3 is 5.97 Å². The van der Waals surface area contributed by atoms with E-state index < -0.39 is 5.97 Å². The molecule has 6 heteroatoms. The molecule has 25 heavy (non-hydrogen) atoms. The van der Waals surface area contributed by atoms with Gasteiger partial charge in [-0.2, -0.15) is 5.26 Å². The van der Waals surface area contributed by atoms with Crippen molar-refractivity contribution in [3.05, 3.63) is 29.8 Å². The summed E-state index contributed by atoms with van der Waals surface area (Å²) in [5, 5.41) is 8.73. The number of likely N-dealkylation sites (N-methyl/N-ethyl adjacent to an activating group) is 1. The molecule has 0 bridgehead atoms. The smallest absolute Gasteiger partial charge is 0.344 e. The molecule has 0 N–H and O–H groups in total. The minimum atomic E-state index is -0.586. The van der Waals surface area contributed by atoms with E-state index in [9.17, 15) is 9.59 Å². The molecule has 134 valence electrons. The molecule has 1 aliphatic rings. The van der Waals surface area contributed by atoms with Crippen LogP contribution < -0.4 is 4.74 Å². The second-order valence-electron chi connectivity index (χ2n) is 6.06. The minimum absolute atomic E-state index is 0.152. The number of esters is 1. The lowest BCUT2D eigenvalue weighted by Gasteiger charge is -2.33. The first-order valence-corrected chi connectivity index (χ1v) is 8.72. The molecule has 1 saturated carbocycles. The number of amides is 1. The lowest BCUT2D eigenvalue weighted by atomic mass is 9.94. The van der Waals surface area contributed by atoms with E-state index in [1.165, 1.54) is 6.42 Å². The third-order valence-corrected chi connectivity index (χ3v) is 4.37. The van der Waals surface area contributed by atoms with Crippen LogP contribution in [0.2, 0.25) is 0 Å². The van der Waals surface area contributed by atoms with Crippen LogP contribution in [0.15, 0.2) is 24.3 Å². The number of carbonyl (C=O) groups is 2.